The molecule has 0 aromatic rings. The molecule has 0 aliphatic carbocycles. The highest BCUT2D eigenvalue weighted by Gasteiger charge is 1.83. The molecule has 0 spiro atoms. The van der Waals surface area contributed by atoms with Gasteiger partial charge in [-0.15, -0.1) is 0 Å². The quantitative estimate of drug-likeness (QED) is 0.550. The van der Waals surface area contributed by atoms with Crippen molar-refractivity contribution in [1.82, 2.24) is 5.32 Å². The fourth-order valence-electron chi connectivity index (χ4n) is 0.889. The van der Waals surface area contributed by atoms with Crippen LogP contribution in [0.3, 0.4) is 0 Å². The van der Waals surface area contributed by atoms with E-state index in [-0.39, 0.29) is 0 Å². The van der Waals surface area contributed by atoms with Crippen molar-refractivity contribution in [3.8, 4) is 0 Å². The molecular formula is C9H20N2. The van der Waals surface area contributed by atoms with Gasteiger partial charge >= 0.3 is 0 Å². The maximum absolute atomic E-state index is 5.26. The van der Waals surface area contributed by atoms with Gasteiger partial charge in [0.15, 0.2) is 0 Å². The average molecular weight is 156 g/mol. The fraction of sp³-hybridized carbons (Fsp3) is 0.778. The molecule has 0 bridgehead atoms. The fourth-order valence-corrected chi connectivity index (χ4v) is 0.889. The smallest absolute Gasteiger partial charge is 0.0141 e. The van der Waals surface area contributed by atoms with Crippen molar-refractivity contribution >= 4 is 0 Å². The third-order valence-corrected chi connectivity index (χ3v) is 1.55. The van der Waals surface area contributed by atoms with Gasteiger partial charge in [-0.1, -0.05) is 32.3 Å². The molecule has 0 fully saturated rings. The van der Waals surface area contributed by atoms with E-state index in [4.69, 9.17) is 5.73 Å². The molecule has 0 saturated carbocycles. The molecule has 2 nitrogen and oxygen atoms in total. The first-order chi connectivity index (χ1) is 5.41. The molecule has 66 valence electrons. The predicted molar refractivity (Wildman–Crippen MR) is 50.3 cm³/mol. The Morgan fingerprint density at radius 2 is 2.09 bits per heavy atom. The van der Waals surface area contributed by atoms with Gasteiger partial charge in [-0.25, -0.2) is 0 Å². The van der Waals surface area contributed by atoms with Crippen molar-refractivity contribution in [1.29, 1.82) is 0 Å². The Labute approximate surface area is 69.9 Å². The van der Waals surface area contributed by atoms with Gasteiger partial charge < -0.3 is 11.1 Å². The van der Waals surface area contributed by atoms with Crippen molar-refractivity contribution < 1.29 is 0 Å². The van der Waals surface area contributed by atoms with E-state index in [0.717, 1.165) is 6.54 Å². The van der Waals surface area contributed by atoms with Crippen LogP contribution in [0.25, 0.3) is 0 Å². The van der Waals surface area contributed by atoms with E-state index in [9.17, 15) is 0 Å². The van der Waals surface area contributed by atoms with E-state index in [0.29, 0.717) is 6.54 Å². The third kappa shape index (κ3) is 9.50. The average Bonchev–Trinajstić information content (AvgIpc) is 2.03. The van der Waals surface area contributed by atoms with Crippen LogP contribution in [0.1, 0.15) is 32.6 Å². The minimum atomic E-state index is 0.627. The van der Waals surface area contributed by atoms with E-state index in [1.165, 1.54) is 25.7 Å². The second-order valence-corrected chi connectivity index (χ2v) is 2.65. The summed E-state index contributed by atoms with van der Waals surface area (Å²) < 4.78 is 0. The highest BCUT2D eigenvalue weighted by molar-refractivity contribution is 4.79. The first kappa shape index (κ1) is 10.5. The summed E-state index contributed by atoms with van der Waals surface area (Å²) in [6, 6.07) is 0. The largest absolute Gasteiger partial charge is 0.391 e. The van der Waals surface area contributed by atoms with E-state index < -0.39 is 0 Å². The Balaban J connectivity index is 2.85. The number of nitrogens with one attached hydrogen (secondary N) is 1. The summed E-state index contributed by atoms with van der Waals surface area (Å²) in [6.07, 6.45) is 9.12. The molecule has 0 aromatic heterocycles. The molecule has 0 aliphatic heterocycles. The van der Waals surface area contributed by atoms with Crippen LogP contribution in [0, 0.1) is 0 Å². The van der Waals surface area contributed by atoms with Gasteiger partial charge in [0.05, 0.1) is 0 Å². The maximum atomic E-state index is 5.26. The summed E-state index contributed by atoms with van der Waals surface area (Å²) in [6.45, 7) is 3.93. The highest BCUT2D eigenvalue weighted by atomic mass is 14.8. The molecule has 2 heteroatoms. The molecule has 3 N–H and O–H groups in total. The first-order valence-corrected chi connectivity index (χ1v) is 4.50. The number of rotatable bonds is 7. The van der Waals surface area contributed by atoms with Crippen LogP contribution in [0.2, 0.25) is 0 Å². The Kier molecular flexibility index (Phi) is 9.07. The van der Waals surface area contributed by atoms with Crippen LogP contribution in [0.5, 0.6) is 0 Å². The molecule has 0 amide bonds. The second kappa shape index (κ2) is 9.50. The molecule has 11 heavy (non-hydrogen) atoms. The van der Waals surface area contributed by atoms with Gasteiger partial charge in [0.25, 0.3) is 0 Å². The van der Waals surface area contributed by atoms with Crippen LogP contribution >= 0.6 is 0 Å². The Morgan fingerprint density at radius 1 is 1.27 bits per heavy atom. The summed E-state index contributed by atoms with van der Waals surface area (Å²) in [5.41, 5.74) is 5.26. The molecule has 0 saturated heterocycles. The third-order valence-electron chi connectivity index (χ3n) is 1.55. The second-order valence-electron chi connectivity index (χ2n) is 2.65. The van der Waals surface area contributed by atoms with Gasteiger partial charge in [-0.3, -0.25) is 0 Å². The standard InChI is InChI=1S/C9H20N2/c1-2-3-4-5-8-11-9-6-7-10/h6,9,11H,2-5,7-8,10H2,1H3/b9-6+. The molecule has 0 radical (unpaired) electrons. The minimum absolute atomic E-state index is 0.627. The number of unbranched alkanes of at least 4 members (excludes halogenated alkanes) is 3. The number of hydrogen-bond donors (Lipinski definition) is 2. The molecule has 0 rings (SSSR count). The lowest BCUT2D eigenvalue weighted by molar-refractivity contribution is 0.645. The lowest BCUT2D eigenvalue weighted by Gasteiger charge is -1.98. The van der Waals surface area contributed by atoms with Gasteiger partial charge in [0.1, 0.15) is 0 Å². The van der Waals surface area contributed by atoms with E-state index >= 15 is 0 Å². The topological polar surface area (TPSA) is 38.0 Å². The monoisotopic (exact) mass is 156 g/mol. The predicted octanol–water partition coefficient (Wildman–Crippen LogP) is 1.63. The van der Waals surface area contributed by atoms with Gasteiger partial charge in [0, 0.05) is 13.1 Å². The summed E-state index contributed by atoms with van der Waals surface area (Å²) >= 11 is 0. The minimum Gasteiger partial charge on any atom is -0.391 e. The maximum Gasteiger partial charge on any atom is 0.0141 e. The van der Waals surface area contributed by atoms with E-state index in [1.54, 1.807) is 0 Å². The van der Waals surface area contributed by atoms with Crippen LogP contribution in [0.15, 0.2) is 12.3 Å². The Hall–Kier alpha value is -0.500. The zero-order chi connectivity index (χ0) is 8.36. The lowest BCUT2D eigenvalue weighted by atomic mass is 10.2. The van der Waals surface area contributed by atoms with Crippen molar-refractivity contribution in [2.24, 2.45) is 5.73 Å². The van der Waals surface area contributed by atoms with Crippen LogP contribution in [-0.2, 0) is 0 Å². The Bertz CT molecular complexity index is 89.6. The van der Waals surface area contributed by atoms with Gasteiger partial charge in [0.2, 0.25) is 0 Å². The highest BCUT2D eigenvalue weighted by Crippen LogP contribution is 1.96. The molecule has 0 aliphatic rings. The molecule has 0 atom stereocenters. The van der Waals surface area contributed by atoms with Gasteiger partial charge in [-0.05, 0) is 12.6 Å². The Morgan fingerprint density at radius 3 is 2.73 bits per heavy atom. The van der Waals surface area contributed by atoms with E-state index in [1.807, 2.05) is 12.3 Å². The molecule has 0 heterocycles. The normalized spacial score (nSPS) is 10.7. The van der Waals surface area contributed by atoms with Crippen molar-refractivity contribution in [2.75, 3.05) is 13.1 Å². The molecule has 0 unspecified atom stereocenters. The zero-order valence-corrected chi connectivity index (χ0v) is 7.47. The van der Waals surface area contributed by atoms with Crippen LogP contribution < -0.4 is 11.1 Å². The number of hydrogen-bond acceptors (Lipinski definition) is 2. The molecule has 0 aromatic carbocycles. The summed E-state index contributed by atoms with van der Waals surface area (Å²) in [5, 5.41) is 3.18. The van der Waals surface area contributed by atoms with Crippen molar-refractivity contribution in [3.05, 3.63) is 12.3 Å². The first-order valence-electron chi connectivity index (χ1n) is 4.50. The molecular weight excluding hydrogens is 136 g/mol. The van der Waals surface area contributed by atoms with Crippen LogP contribution in [-0.4, -0.2) is 13.1 Å². The van der Waals surface area contributed by atoms with Crippen molar-refractivity contribution in [3.63, 3.8) is 0 Å². The van der Waals surface area contributed by atoms with E-state index in [2.05, 4.69) is 12.2 Å². The summed E-state index contributed by atoms with van der Waals surface area (Å²) in [7, 11) is 0. The summed E-state index contributed by atoms with van der Waals surface area (Å²) in [4.78, 5) is 0. The number of nitrogens with two attached hydrogens (primary N) is 1. The van der Waals surface area contributed by atoms with Crippen LogP contribution in [0.4, 0.5) is 0 Å². The SMILES string of the molecule is CCCCCCN/C=C/CN. The van der Waals surface area contributed by atoms with Gasteiger partial charge in [-0.2, -0.15) is 0 Å². The summed E-state index contributed by atoms with van der Waals surface area (Å²) in [5.74, 6) is 0. The lowest BCUT2D eigenvalue weighted by Crippen LogP contribution is -2.07. The van der Waals surface area contributed by atoms with Crippen molar-refractivity contribution in [2.45, 2.75) is 32.6 Å². The zero-order valence-electron chi connectivity index (χ0n) is 7.47.